The van der Waals surface area contributed by atoms with Gasteiger partial charge in [0.15, 0.2) is 11.5 Å². The molecular formula is C21H27ClN2O3S. The van der Waals surface area contributed by atoms with Crippen molar-refractivity contribution in [3.63, 3.8) is 0 Å². The Morgan fingerprint density at radius 1 is 1.25 bits per heavy atom. The number of amides is 1. The number of piperidine rings is 1. The van der Waals surface area contributed by atoms with Crippen LogP contribution in [0.2, 0.25) is 0 Å². The fourth-order valence-electron chi connectivity index (χ4n) is 4.23. The fourth-order valence-corrected chi connectivity index (χ4v) is 5.09. The smallest absolute Gasteiger partial charge is 0.227 e. The van der Waals surface area contributed by atoms with Gasteiger partial charge >= 0.3 is 0 Å². The lowest BCUT2D eigenvalue weighted by molar-refractivity contribution is -0.138. The normalized spacial score (nSPS) is 21.4. The second-order valence-electron chi connectivity index (χ2n) is 7.15. The zero-order valence-electron chi connectivity index (χ0n) is 16.3. The third kappa shape index (κ3) is 3.86. The van der Waals surface area contributed by atoms with Gasteiger partial charge in [0.2, 0.25) is 5.91 Å². The summed E-state index contributed by atoms with van der Waals surface area (Å²) >= 11 is 1.70. The maximum Gasteiger partial charge on any atom is 0.227 e. The molecule has 5 nitrogen and oxygen atoms in total. The number of nitrogens with one attached hydrogen (secondary N) is 1. The molecular weight excluding hydrogens is 396 g/mol. The Morgan fingerprint density at radius 2 is 2.04 bits per heavy atom. The summed E-state index contributed by atoms with van der Waals surface area (Å²) < 4.78 is 11.0. The first kappa shape index (κ1) is 21.0. The van der Waals surface area contributed by atoms with Crippen molar-refractivity contribution in [2.45, 2.75) is 25.3 Å². The van der Waals surface area contributed by atoms with Crippen LogP contribution in [0.3, 0.4) is 0 Å². The minimum Gasteiger partial charge on any atom is -0.493 e. The van der Waals surface area contributed by atoms with Gasteiger partial charge in [-0.05, 0) is 60.5 Å². The van der Waals surface area contributed by atoms with Crippen molar-refractivity contribution in [1.82, 2.24) is 10.2 Å². The summed E-state index contributed by atoms with van der Waals surface area (Å²) in [5.74, 6) is 1.80. The highest BCUT2D eigenvalue weighted by Crippen LogP contribution is 2.42. The van der Waals surface area contributed by atoms with Crippen LogP contribution in [0, 0.1) is 5.92 Å². The molecule has 1 aromatic heterocycles. The van der Waals surface area contributed by atoms with Crippen molar-refractivity contribution in [2.75, 3.05) is 33.9 Å². The van der Waals surface area contributed by atoms with Crippen LogP contribution in [0.5, 0.6) is 11.5 Å². The van der Waals surface area contributed by atoms with Gasteiger partial charge in [0.05, 0.1) is 26.2 Å². The molecule has 2 atom stereocenters. The molecule has 0 spiro atoms. The highest BCUT2D eigenvalue weighted by Gasteiger charge is 2.36. The van der Waals surface area contributed by atoms with E-state index >= 15 is 0 Å². The number of hydrogen-bond acceptors (Lipinski definition) is 5. The molecule has 4 rings (SSSR count). The average Bonchev–Trinajstić information content (AvgIpc) is 3.26. The number of hydrogen-bond donors (Lipinski definition) is 1. The molecule has 2 unspecified atom stereocenters. The minimum absolute atomic E-state index is 0. The average molecular weight is 423 g/mol. The van der Waals surface area contributed by atoms with Crippen LogP contribution in [0.4, 0.5) is 0 Å². The number of fused-ring (bicyclic) bond motifs is 1. The van der Waals surface area contributed by atoms with E-state index in [1.54, 1.807) is 25.6 Å². The molecule has 1 fully saturated rings. The quantitative estimate of drug-likeness (QED) is 0.816. The van der Waals surface area contributed by atoms with Crippen LogP contribution in [0.15, 0.2) is 29.6 Å². The van der Waals surface area contributed by atoms with Crippen LogP contribution in [-0.2, 0) is 11.2 Å². The predicted octanol–water partition coefficient (Wildman–Crippen LogP) is 3.66. The molecule has 1 N–H and O–H groups in total. The standard InChI is InChI=1S/C21H26N2O3S.ClH/c1-25-17-11-14-7-9-23(21(24)15-5-3-8-22-13-15)20(19-6-4-10-27-19)16(14)12-18(17)26-2;/h4,6,10-12,15,20,22H,3,5,7-9,13H2,1-2H3;1H. The second-order valence-corrected chi connectivity index (χ2v) is 8.13. The number of ether oxygens (including phenoxy) is 2. The van der Waals surface area contributed by atoms with E-state index in [0.29, 0.717) is 5.75 Å². The van der Waals surface area contributed by atoms with Crippen LogP contribution < -0.4 is 14.8 Å². The number of rotatable bonds is 4. The fraction of sp³-hybridized carbons (Fsp3) is 0.476. The van der Waals surface area contributed by atoms with E-state index in [-0.39, 0.29) is 30.3 Å². The lowest BCUT2D eigenvalue weighted by atomic mass is 9.88. The minimum atomic E-state index is -0.0528. The molecule has 1 saturated heterocycles. The number of nitrogens with zero attached hydrogens (tertiary/aromatic N) is 1. The zero-order valence-corrected chi connectivity index (χ0v) is 17.9. The van der Waals surface area contributed by atoms with Gasteiger partial charge in [-0.25, -0.2) is 0 Å². The molecule has 7 heteroatoms. The van der Waals surface area contributed by atoms with Crippen molar-refractivity contribution in [3.05, 3.63) is 45.6 Å². The van der Waals surface area contributed by atoms with Crippen molar-refractivity contribution in [2.24, 2.45) is 5.92 Å². The summed E-state index contributed by atoms with van der Waals surface area (Å²) in [6.45, 7) is 2.53. The van der Waals surface area contributed by atoms with Crippen molar-refractivity contribution in [1.29, 1.82) is 0 Å². The van der Waals surface area contributed by atoms with E-state index in [1.807, 2.05) is 0 Å². The number of benzene rings is 1. The van der Waals surface area contributed by atoms with E-state index in [0.717, 1.165) is 50.2 Å². The highest BCUT2D eigenvalue weighted by molar-refractivity contribution is 7.10. The summed E-state index contributed by atoms with van der Waals surface area (Å²) in [6.07, 6.45) is 2.87. The van der Waals surface area contributed by atoms with Gasteiger partial charge in [0.1, 0.15) is 0 Å². The first-order valence-corrected chi connectivity index (χ1v) is 10.4. The maximum atomic E-state index is 13.4. The number of methoxy groups -OCH3 is 2. The summed E-state index contributed by atoms with van der Waals surface area (Å²) in [4.78, 5) is 16.7. The monoisotopic (exact) mass is 422 g/mol. The molecule has 2 aliphatic heterocycles. The summed E-state index contributed by atoms with van der Waals surface area (Å²) in [5.41, 5.74) is 2.38. The first-order valence-electron chi connectivity index (χ1n) is 9.52. The first-order chi connectivity index (χ1) is 13.2. The van der Waals surface area contributed by atoms with E-state index in [9.17, 15) is 4.79 Å². The molecule has 152 valence electrons. The molecule has 3 heterocycles. The Kier molecular flexibility index (Phi) is 6.86. The van der Waals surface area contributed by atoms with Gasteiger partial charge < -0.3 is 19.7 Å². The Morgan fingerprint density at radius 3 is 2.68 bits per heavy atom. The van der Waals surface area contributed by atoms with E-state index in [2.05, 4.69) is 39.9 Å². The number of carbonyl (C=O) groups excluding carboxylic acids is 1. The molecule has 0 radical (unpaired) electrons. The molecule has 0 saturated carbocycles. The summed E-state index contributed by atoms with van der Waals surface area (Å²) in [5, 5.41) is 5.45. The van der Waals surface area contributed by atoms with Crippen molar-refractivity contribution < 1.29 is 14.3 Å². The lowest BCUT2D eigenvalue weighted by Crippen LogP contribution is -2.47. The third-order valence-corrected chi connectivity index (χ3v) is 6.54. The van der Waals surface area contributed by atoms with Crippen molar-refractivity contribution in [3.8, 4) is 11.5 Å². The van der Waals surface area contributed by atoms with Crippen LogP contribution >= 0.6 is 23.7 Å². The number of carbonyl (C=O) groups is 1. The Balaban J connectivity index is 0.00000225. The van der Waals surface area contributed by atoms with Gasteiger partial charge in [0.25, 0.3) is 0 Å². The predicted molar refractivity (Wildman–Crippen MR) is 114 cm³/mol. The summed E-state index contributed by atoms with van der Waals surface area (Å²) in [6, 6.07) is 8.25. The van der Waals surface area contributed by atoms with Gasteiger partial charge in [0, 0.05) is 18.0 Å². The van der Waals surface area contributed by atoms with Crippen molar-refractivity contribution >= 4 is 29.7 Å². The molecule has 0 aliphatic carbocycles. The van der Waals surface area contributed by atoms with Crippen LogP contribution in [-0.4, -0.2) is 44.7 Å². The molecule has 28 heavy (non-hydrogen) atoms. The van der Waals surface area contributed by atoms with Gasteiger partial charge in [-0.1, -0.05) is 6.07 Å². The molecule has 2 aromatic rings. The van der Waals surface area contributed by atoms with E-state index < -0.39 is 0 Å². The van der Waals surface area contributed by atoms with E-state index in [4.69, 9.17) is 9.47 Å². The molecule has 0 bridgehead atoms. The topological polar surface area (TPSA) is 50.8 Å². The largest absolute Gasteiger partial charge is 0.493 e. The number of halogens is 1. The zero-order chi connectivity index (χ0) is 18.8. The third-order valence-electron chi connectivity index (χ3n) is 5.62. The van der Waals surface area contributed by atoms with Crippen LogP contribution in [0.1, 0.15) is 34.9 Å². The number of thiophene rings is 1. The van der Waals surface area contributed by atoms with E-state index in [1.165, 1.54) is 10.4 Å². The van der Waals surface area contributed by atoms with Gasteiger partial charge in [-0.15, -0.1) is 23.7 Å². The second kappa shape index (κ2) is 9.16. The Hall–Kier alpha value is -1.76. The molecule has 1 amide bonds. The Bertz CT molecular complexity index is 806. The SMILES string of the molecule is COc1cc2c(cc1OC)C(c1cccs1)N(C(=O)C1CCCNC1)CC2.Cl. The van der Waals surface area contributed by atoms with Gasteiger partial charge in [-0.2, -0.15) is 0 Å². The highest BCUT2D eigenvalue weighted by atomic mass is 35.5. The summed E-state index contributed by atoms with van der Waals surface area (Å²) in [7, 11) is 3.32. The van der Waals surface area contributed by atoms with Gasteiger partial charge in [-0.3, -0.25) is 4.79 Å². The lowest BCUT2D eigenvalue weighted by Gasteiger charge is -2.40. The molecule has 1 aromatic carbocycles. The molecule has 2 aliphatic rings. The van der Waals surface area contributed by atoms with Crippen LogP contribution in [0.25, 0.3) is 0 Å². The Labute approximate surface area is 176 Å². The maximum absolute atomic E-state index is 13.4.